The molecule has 1 aromatic rings. The van der Waals surface area contributed by atoms with Crippen LogP contribution < -0.4 is 10.6 Å². The number of aryl methyl sites for hydroxylation is 2. The van der Waals surface area contributed by atoms with Crippen LogP contribution in [0.1, 0.15) is 32.4 Å². The number of carbonyl (C=O) groups is 1. The van der Waals surface area contributed by atoms with E-state index in [9.17, 15) is 4.79 Å². The number of hydrogen-bond donors (Lipinski definition) is 2. The predicted molar refractivity (Wildman–Crippen MR) is 68.9 cm³/mol. The average molecular weight is 238 g/mol. The van der Waals surface area contributed by atoms with Crippen molar-refractivity contribution in [2.24, 2.45) is 7.05 Å². The second kappa shape index (κ2) is 6.27. The Morgan fingerprint density at radius 3 is 2.82 bits per heavy atom. The minimum absolute atomic E-state index is 0.00857. The van der Waals surface area contributed by atoms with Crippen molar-refractivity contribution in [3.05, 3.63) is 11.8 Å². The van der Waals surface area contributed by atoms with Gasteiger partial charge in [-0.05, 0) is 20.3 Å². The van der Waals surface area contributed by atoms with Crippen molar-refractivity contribution < 1.29 is 4.79 Å². The highest BCUT2D eigenvalue weighted by Crippen LogP contribution is 2.05. The van der Waals surface area contributed by atoms with Gasteiger partial charge in [0.05, 0.1) is 6.54 Å². The largest absolute Gasteiger partial charge is 0.360 e. The van der Waals surface area contributed by atoms with Crippen molar-refractivity contribution >= 4 is 11.7 Å². The van der Waals surface area contributed by atoms with E-state index in [2.05, 4.69) is 22.7 Å². The lowest BCUT2D eigenvalue weighted by Crippen LogP contribution is -2.36. The first-order chi connectivity index (χ1) is 8.02. The molecule has 0 aliphatic heterocycles. The maximum Gasteiger partial charge on any atom is 0.239 e. The van der Waals surface area contributed by atoms with Gasteiger partial charge in [0.15, 0.2) is 0 Å². The van der Waals surface area contributed by atoms with Gasteiger partial charge in [-0.1, -0.05) is 13.3 Å². The Hall–Kier alpha value is -1.52. The average Bonchev–Trinajstić information content (AvgIpc) is 2.56. The van der Waals surface area contributed by atoms with Crippen molar-refractivity contribution in [3.8, 4) is 0 Å². The van der Waals surface area contributed by atoms with E-state index in [1.54, 1.807) is 4.68 Å². The van der Waals surface area contributed by atoms with Crippen LogP contribution in [0.25, 0.3) is 0 Å². The topological polar surface area (TPSA) is 59.0 Å². The number of carbonyl (C=O) groups excluding carboxylic acids is 1. The Bertz CT molecular complexity index is 353. The summed E-state index contributed by atoms with van der Waals surface area (Å²) >= 11 is 0. The number of aromatic nitrogens is 2. The fraction of sp³-hybridized carbons (Fsp3) is 0.667. The zero-order valence-electron chi connectivity index (χ0n) is 11.1. The Labute approximate surface area is 103 Å². The van der Waals surface area contributed by atoms with Gasteiger partial charge >= 0.3 is 0 Å². The van der Waals surface area contributed by atoms with E-state index in [1.165, 1.54) is 0 Å². The lowest BCUT2D eigenvalue weighted by molar-refractivity contribution is -0.120. The fourth-order valence-electron chi connectivity index (χ4n) is 1.65. The maximum absolute atomic E-state index is 11.6. The van der Waals surface area contributed by atoms with Crippen LogP contribution in [-0.2, 0) is 11.8 Å². The molecule has 5 nitrogen and oxygen atoms in total. The van der Waals surface area contributed by atoms with Gasteiger partial charge in [-0.2, -0.15) is 5.10 Å². The zero-order valence-corrected chi connectivity index (χ0v) is 11.1. The first kappa shape index (κ1) is 13.5. The fourth-order valence-corrected chi connectivity index (χ4v) is 1.65. The molecule has 2 N–H and O–H groups in total. The molecule has 0 radical (unpaired) electrons. The quantitative estimate of drug-likeness (QED) is 0.788. The molecule has 0 saturated heterocycles. The van der Waals surface area contributed by atoms with Crippen molar-refractivity contribution in [1.82, 2.24) is 15.1 Å². The van der Waals surface area contributed by atoms with Crippen molar-refractivity contribution in [2.45, 2.75) is 39.7 Å². The Morgan fingerprint density at radius 1 is 1.59 bits per heavy atom. The van der Waals surface area contributed by atoms with Crippen LogP contribution in [0.3, 0.4) is 0 Å². The molecule has 0 aliphatic rings. The normalized spacial score (nSPS) is 12.2. The van der Waals surface area contributed by atoms with E-state index < -0.39 is 0 Å². The molecular formula is C12H22N4O. The van der Waals surface area contributed by atoms with Crippen LogP contribution in [0.15, 0.2) is 6.07 Å². The third kappa shape index (κ3) is 4.46. The highest BCUT2D eigenvalue weighted by atomic mass is 16.1. The first-order valence-corrected chi connectivity index (χ1v) is 6.06. The van der Waals surface area contributed by atoms with Crippen LogP contribution in [0.2, 0.25) is 0 Å². The molecule has 0 spiro atoms. The van der Waals surface area contributed by atoms with E-state index in [0.717, 1.165) is 24.4 Å². The summed E-state index contributed by atoms with van der Waals surface area (Å²) < 4.78 is 1.78. The summed E-state index contributed by atoms with van der Waals surface area (Å²) in [7, 11) is 1.88. The van der Waals surface area contributed by atoms with Crippen LogP contribution in [0.5, 0.6) is 0 Å². The molecule has 0 fully saturated rings. The standard InChI is InChI=1S/C12H22N4O/c1-5-6-9(2)14-12(17)8-13-11-7-10(3)16(4)15-11/h7,9H,5-6,8H2,1-4H3,(H,13,15)(H,14,17). The molecule has 1 atom stereocenters. The summed E-state index contributed by atoms with van der Waals surface area (Å²) in [4.78, 5) is 11.6. The smallest absolute Gasteiger partial charge is 0.239 e. The van der Waals surface area contributed by atoms with Crippen LogP contribution >= 0.6 is 0 Å². The summed E-state index contributed by atoms with van der Waals surface area (Å²) in [5.74, 6) is 0.748. The minimum atomic E-state index is 0.00857. The number of rotatable bonds is 6. The molecule has 1 amide bonds. The van der Waals surface area contributed by atoms with Gasteiger partial charge in [-0.3, -0.25) is 9.48 Å². The van der Waals surface area contributed by atoms with E-state index in [4.69, 9.17) is 0 Å². The van der Waals surface area contributed by atoms with E-state index in [0.29, 0.717) is 0 Å². The Kier molecular flexibility index (Phi) is 5.00. The molecule has 1 rings (SSSR count). The number of nitrogens with one attached hydrogen (secondary N) is 2. The van der Waals surface area contributed by atoms with Gasteiger partial charge < -0.3 is 10.6 Å². The Balaban J connectivity index is 2.33. The zero-order chi connectivity index (χ0) is 12.8. The minimum Gasteiger partial charge on any atom is -0.360 e. The first-order valence-electron chi connectivity index (χ1n) is 6.06. The molecule has 0 aromatic carbocycles. The van der Waals surface area contributed by atoms with Gasteiger partial charge in [0.1, 0.15) is 5.82 Å². The van der Waals surface area contributed by atoms with Gasteiger partial charge in [0.2, 0.25) is 5.91 Å². The lowest BCUT2D eigenvalue weighted by Gasteiger charge is -2.12. The summed E-state index contributed by atoms with van der Waals surface area (Å²) in [6, 6.07) is 2.16. The second-order valence-corrected chi connectivity index (χ2v) is 4.41. The summed E-state index contributed by atoms with van der Waals surface area (Å²) in [6.07, 6.45) is 2.09. The predicted octanol–water partition coefficient (Wildman–Crippen LogP) is 1.45. The van der Waals surface area contributed by atoms with E-state index >= 15 is 0 Å². The van der Waals surface area contributed by atoms with E-state index in [-0.39, 0.29) is 18.5 Å². The highest BCUT2D eigenvalue weighted by molar-refractivity contribution is 5.80. The molecular weight excluding hydrogens is 216 g/mol. The molecule has 5 heteroatoms. The maximum atomic E-state index is 11.6. The van der Waals surface area contributed by atoms with Crippen LogP contribution in [-0.4, -0.2) is 28.3 Å². The van der Waals surface area contributed by atoms with E-state index in [1.807, 2.05) is 27.0 Å². The van der Waals surface area contributed by atoms with Crippen molar-refractivity contribution in [2.75, 3.05) is 11.9 Å². The molecule has 17 heavy (non-hydrogen) atoms. The summed E-state index contributed by atoms with van der Waals surface area (Å²) in [5.41, 5.74) is 1.06. The molecule has 1 aromatic heterocycles. The van der Waals surface area contributed by atoms with Gasteiger partial charge in [0.25, 0.3) is 0 Å². The lowest BCUT2D eigenvalue weighted by atomic mass is 10.2. The third-order valence-electron chi connectivity index (χ3n) is 2.67. The van der Waals surface area contributed by atoms with Gasteiger partial charge in [-0.25, -0.2) is 0 Å². The molecule has 0 aliphatic carbocycles. The molecule has 1 heterocycles. The number of nitrogens with zero attached hydrogens (tertiary/aromatic N) is 2. The second-order valence-electron chi connectivity index (χ2n) is 4.41. The summed E-state index contributed by atoms with van der Waals surface area (Å²) in [5, 5.41) is 10.2. The molecule has 0 bridgehead atoms. The monoisotopic (exact) mass is 238 g/mol. The SMILES string of the molecule is CCCC(C)NC(=O)CNc1cc(C)n(C)n1. The molecule has 1 unspecified atom stereocenters. The van der Waals surface area contributed by atoms with Crippen LogP contribution in [0.4, 0.5) is 5.82 Å². The Morgan fingerprint density at radius 2 is 2.29 bits per heavy atom. The van der Waals surface area contributed by atoms with Crippen LogP contribution in [0, 0.1) is 6.92 Å². The highest BCUT2D eigenvalue weighted by Gasteiger charge is 2.07. The van der Waals surface area contributed by atoms with Crippen molar-refractivity contribution in [1.29, 1.82) is 0 Å². The number of anilines is 1. The molecule has 0 saturated carbocycles. The van der Waals surface area contributed by atoms with Crippen molar-refractivity contribution in [3.63, 3.8) is 0 Å². The number of amides is 1. The summed E-state index contributed by atoms with van der Waals surface area (Å²) in [6.45, 7) is 6.37. The van der Waals surface area contributed by atoms with Gasteiger partial charge in [0, 0.05) is 24.8 Å². The third-order valence-corrected chi connectivity index (χ3v) is 2.67. The number of hydrogen-bond acceptors (Lipinski definition) is 3. The van der Waals surface area contributed by atoms with Gasteiger partial charge in [-0.15, -0.1) is 0 Å². The molecule has 96 valence electrons.